The summed E-state index contributed by atoms with van der Waals surface area (Å²) in [6, 6.07) is 32.5. The Labute approximate surface area is 404 Å². The topological polar surface area (TPSA) is 126 Å². The van der Waals surface area contributed by atoms with E-state index in [-0.39, 0.29) is 22.6 Å². The molecule has 1 amide bonds. The summed E-state index contributed by atoms with van der Waals surface area (Å²) in [5, 5.41) is 2.81. The maximum atomic E-state index is 13.1. The van der Waals surface area contributed by atoms with Gasteiger partial charge in [0.25, 0.3) is 5.91 Å². The normalized spacial score (nSPS) is 10.9. The zero-order valence-corrected chi connectivity index (χ0v) is 40.3. The second kappa shape index (κ2) is 30.8. The number of carbonyl (C=O) groups excluding carboxylic acids is 4. The number of carbonyl (C=O) groups is 4. The van der Waals surface area contributed by atoms with Crippen LogP contribution in [0.25, 0.3) is 0 Å². The van der Waals surface area contributed by atoms with Gasteiger partial charge in [-0.2, -0.15) is 0 Å². The fraction of sp³-hybridized carbons (Fsp3) is 0.414. The summed E-state index contributed by atoms with van der Waals surface area (Å²) in [6.45, 7) is 5.78. The smallest absolute Gasteiger partial charge is 0.343 e. The third-order valence-electron chi connectivity index (χ3n) is 11.6. The number of benzene rings is 5. The number of rotatable bonds is 32. The predicted molar refractivity (Wildman–Crippen MR) is 270 cm³/mol. The molecule has 0 saturated heterocycles. The lowest BCUT2D eigenvalue weighted by molar-refractivity contribution is 0.0723. The van der Waals surface area contributed by atoms with Gasteiger partial charge in [0.1, 0.15) is 28.7 Å². The molecule has 0 spiro atoms. The van der Waals surface area contributed by atoms with Crippen molar-refractivity contribution >= 4 is 29.5 Å². The maximum absolute atomic E-state index is 13.1. The standard InChI is InChI=1S/C58H71NO9/c1-3-5-7-9-11-13-15-17-19-21-42-64-50-34-26-45(27-35-50)56(61)66-52-38-30-47(31-39-52)58(63)68-54-25-23-24-48(44-54)55(60)59-49-32-40-53(41-33-49)67-57(62)46-28-36-51(37-29-46)65-43-22-20-18-16-14-12-10-8-6-4-2/h23-41,44H,3-22,42-43H2,1-2H3,(H,59,60). The van der Waals surface area contributed by atoms with Crippen molar-refractivity contribution in [2.45, 2.75) is 142 Å². The molecule has 0 saturated carbocycles. The number of hydrogen-bond donors (Lipinski definition) is 1. The molecule has 0 aliphatic carbocycles. The molecule has 0 aliphatic heterocycles. The number of anilines is 1. The first-order chi connectivity index (χ1) is 33.3. The summed E-state index contributed by atoms with van der Waals surface area (Å²) in [4.78, 5) is 51.8. The van der Waals surface area contributed by atoms with Crippen LogP contribution in [0.4, 0.5) is 5.69 Å². The number of ether oxygens (including phenoxy) is 5. The summed E-state index contributed by atoms with van der Waals surface area (Å²) in [5.41, 5.74) is 1.73. The first-order valence-electron chi connectivity index (χ1n) is 25.0. The first-order valence-corrected chi connectivity index (χ1v) is 25.0. The zero-order chi connectivity index (χ0) is 48.0. The minimum absolute atomic E-state index is 0.171. The molecule has 1 N–H and O–H groups in total. The van der Waals surface area contributed by atoms with Gasteiger partial charge in [0.15, 0.2) is 0 Å². The SMILES string of the molecule is CCCCCCCCCCCCOc1ccc(C(=O)Oc2ccc(NC(=O)c3cccc(OC(=O)c4ccc(OC(=O)c5ccc(OCCCCCCCCCCCC)cc5)cc4)c3)cc2)cc1. The highest BCUT2D eigenvalue weighted by molar-refractivity contribution is 6.04. The number of amides is 1. The zero-order valence-electron chi connectivity index (χ0n) is 40.3. The molecule has 0 heterocycles. The Morgan fingerprint density at radius 3 is 1.09 bits per heavy atom. The molecule has 0 fully saturated rings. The van der Waals surface area contributed by atoms with Gasteiger partial charge in [-0.05, 0) is 128 Å². The highest BCUT2D eigenvalue weighted by Gasteiger charge is 2.15. The molecule has 0 bridgehead atoms. The van der Waals surface area contributed by atoms with E-state index in [0.29, 0.717) is 47.3 Å². The third kappa shape index (κ3) is 19.8. The molecule has 68 heavy (non-hydrogen) atoms. The molecule has 5 aromatic carbocycles. The van der Waals surface area contributed by atoms with Crippen molar-refractivity contribution in [3.63, 3.8) is 0 Å². The van der Waals surface area contributed by atoms with E-state index in [1.807, 2.05) is 0 Å². The van der Waals surface area contributed by atoms with Crippen LogP contribution in [0.1, 0.15) is 184 Å². The highest BCUT2D eigenvalue weighted by Crippen LogP contribution is 2.23. The van der Waals surface area contributed by atoms with Crippen LogP contribution >= 0.6 is 0 Å². The van der Waals surface area contributed by atoms with Crippen molar-refractivity contribution < 1.29 is 42.9 Å². The predicted octanol–water partition coefficient (Wildman–Crippen LogP) is 15.2. The van der Waals surface area contributed by atoms with E-state index in [1.165, 1.54) is 133 Å². The minimum atomic E-state index is -0.650. The van der Waals surface area contributed by atoms with Gasteiger partial charge in [-0.1, -0.05) is 135 Å². The number of nitrogens with one attached hydrogen (secondary N) is 1. The van der Waals surface area contributed by atoms with Crippen LogP contribution in [0.3, 0.4) is 0 Å². The second-order valence-corrected chi connectivity index (χ2v) is 17.3. The third-order valence-corrected chi connectivity index (χ3v) is 11.6. The van der Waals surface area contributed by atoms with Gasteiger partial charge in [-0.25, -0.2) is 14.4 Å². The fourth-order valence-electron chi connectivity index (χ4n) is 7.60. The van der Waals surface area contributed by atoms with Gasteiger partial charge in [0.05, 0.1) is 29.9 Å². The van der Waals surface area contributed by atoms with Gasteiger partial charge in [-0.15, -0.1) is 0 Å². The van der Waals surface area contributed by atoms with E-state index in [0.717, 1.165) is 25.7 Å². The average Bonchev–Trinajstić information content (AvgIpc) is 3.36. The first kappa shape index (κ1) is 52.5. The Kier molecular flexibility index (Phi) is 23.8. The lowest BCUT2D eigenvalue weighted by Gasteiger charge is -2.10. The van der Waals surface area contributed by atoms with Crippen LogP contribution in [-0.2, 0) is 0 Å². The van der Waals surface area contributed by atoms with Crippen LogP contribution in [0.15, 0.2) is 121 Å². The molecule has 0 radical (unpaired) electrons. The van der Waals surface area contributed by atoms with Crippen molar-refractivity contribution in [1.82, 2.24) is 0 Å². The van der Waals surface area contributed by atoms with Crippen LogP contribution in [0, 0.1) is 0 Å². The fourth-order valence-corrected chi connectivity index (χ4v) is 7.60. The Balaban J connectivity index is 0.974. The van der Waals surface area contributed by atoms with E-state index in [9.17, 15) is 19.2 Å². The summed E-state index contributed by atoms with van der Waals surface area (Å²) in [5.74, 6) is 0.0535. The number of unbranched alkanes of at least 4 members (excludes halogenated alkanes) is 18. The number of hydrogen-bond acceptors (Lipinski definition) is 9. The van der Waals surface area contributed by atoms with E-state index in [1.54, 1.807) is 91.0 Å². The van der Waals surface area contributed by atoms with Gasteiger partial charge in [-0.3, -0.25) is 4.79 Å². The molecular formula is C58H71NO9. The quantitative estimate of drug-likeness (QED) is 0.0255. The molecule has 0 unspecified atom stereocenters. The van der Waals surface area contributed by atoms with Crippen LogP contribution in [0.2, 0.25) is 0 Å². The second-order valence-electron chi connectivity index (χ2n) is 17.3. The van der Waals surface area contributed by atoms with E-state index < -0.39 is 23.8 Å². The molecule has 10 heteroatoms. The van der Waals surface area contributed by atoms with E-state index >= 15 is 0 Å². The Morgan fingerprint density at radius 2 is 0.691 bits per heavy atom. The lowest BCUT2D eigenvalue weighted by Crippen LogP contribution is -2.13. The van der Waals surface area contributed by atoms with Crippen LogP contribution in [-0.4, -0.2) is 37.0 Å². The molecule has 5 aromatic rings. The molecule has 362 valence electrons. The molecule has 0 atom stereocenters. The molecular weight excluding hydrogens is 855 g/mol. The number of esters is 3. The van der Waals surface area contributed by atoms with Crippen molar-refractivity contribution in [3.05, 3.63) is 144 Å². The van der Waals surface area contributed by atoms with Gasteiger partial charge in [0.2, 0.25) is 0 Å². The van der Waals surface area contributed by atoms with E-state index in [4.69, 9.17) is 23.7 Å². The summed E-state index contributed by atoms with van der Waals surface area (Å²) >= 11 is 0. The van der Waals surface area contributed by atoms with Gasteiger partial charge < -0.3 is 29.0 Å². The molecule has 0 aromatic heterocycles. The van der Waals surface area contributed by atoms with Gasteiger partial charge >= 0.3 is 17.9 Å². The van der Waals surface area contributed by atoms with Crippen LogP contribution < -0.4 is 29.0 Å². The minimum Gasteiger partial charge on any atom is -0.494 e. The molecule has 5 rings (SSSR count). The van der Waals surface area contributed by atoms with Crippen molar-refractivity contribution in [2.24, 2.45) is 0 Å². The van der Waals surface area contributed by atoms with Crippen molar-refractivity contribution in [3.8, 4) is 28.7 Å². The van der Waals surface area contributed by atoms with E-state index in [2.05, 4.69) is 19.2 Å². The largest absolute Gasteiger partial charge is 0.494 e. The summed E-state index contributed by atoms with van der Waals surface area (Å²) < 4.78 is 28.4. The Hall–Kier alpha value is -6.42. The maximum Gasteiger partial charge on any atom is 0.343 e. The molecule has 0 aliphatic rings. The monoisotopic (exact) mass is 926 g/mol. The summed E-state index contributed by atoms with van der Waals surface area (Å²) in [7, 11) is 0. The Morgan fingerprint density at radius 1 is 0.353 bits per heavy atom. The Bertz CT molecular complexity index is 2240. The average molecular weight is 926 g/mol. The molecule has 10 nitrogen and oxygen atoms in total. The highest BCUT2D eigenvalue weighted by atomic mass is 16.5. The van der Waals surface area contributed by atoms with Crippen molar-refractivity contribution in [2.75, 3.05) is 18.5 Å². The van der Waals surface area contributed by atoms with Crippen molar-refractivity contribution in [1.29, 1.82) is 0 Å². The lowest BCUT2D eigenvalue weighted by atomic mass is 10.1. The van der Waals surface area contributed by atoms with Gasteiger partial charge in [0, 0.05) is 11.3 Å². The summed E-state index contributed by atoms with van der Waals surface area (Å²) in [6.07, 6.45) is 25.3. The van der Waals surface area contributed by atoms with Crippen LogP contribution in [0.5, 0.6) is 28.7 Å².